The highest BCUT2D eigenvalue weighted by atomic mass is 16.2. The second-order valence-electron chi connectivity index (χ2n) is 6.54. The number of nitrogens with one attached hydrogen (secondary N) is 1. The third kappa shape index (κ3) is 3.29. The van der Waals surface area contributed by atoms with Crippen LogP contribution in [0, 0.1) is 0 Å². The number of H-pyrrole nitrogens is 1. The summed E-state index contributed by atoms with van der Waals surface area (Å²) in [5.74, 6) is 0.666. The van der Waals surface area contributed by atoms with E-state index in [2.05, 4.69) is 39.4 Å². The molecule has 23 heavy (non-hydrogen) atoms. The van der Waals surface area contributed by atoms with Crippen molar-refractivity contribution in [1.82, 2.24) is 20.0 Å². The fourth-order valence-electron chi connectivity index (χ4n) is 3.16. The van der Waals surface area contributed by atoms with E-state index >= 15 is 0 Å². The van der Waals surface area contributed by atoms with Crippen molar-refractivity contribution in [2.24, 2.45) is 0 Å². The zero-order valence-corrected chi connectivity index (χ0v) is 13.2. The molecule has 1 aliphatic carbocycles. The highest BCUT2D eigenvalue weighted by molar-refractivity contribution is 5.92. The third-order valence-corrected chi connectivity index (χ3v) is 4.74. The largest absolute Gasteiger partial charge is 0.335 e. The average molecular weight is 310 g/mol. The molecule has 5 nitrogen and oxygen atoms in total. The lowest BCUT2D eigenvalue weighted by atomic mass is 10.2. The van der Waals surface area contributed by atoms with Gasteiger partial charge in [0.05, 0.1) is 0 Å². The van der Waals surface area contributed by atoms with Gasteiger partial charge in [-0.3, -0.25) is 14.8 Å². The molecule has 2 aromatic rings. The number of hydrogen-bond acceptors (Lipinski definition) is 3. The first-order valence-electron chi connectivity index (χ1n) is 8.40. The van der Waals surface area contributed by atoms with Gasteiger partial charge in [-0.15, -0.1) is 0 Å². The van der Waals surface area contributed by atoms with Crippen LogP contribution >= 0.6 is 0 Å². The standard InChI is InChI=1S/C18H22N4O/c23-18(17-12-16(19-20-17)15-6-7-15)22-10-8-21(9-11-22)13-14-4-2-1-3-5-14/h1-5,12,15H,6-11,13H2,(H,19,20). The maximum Gasteiger partial charge on any atom is 0.274 e. The van der Waals surface area contributed by atoms with Crippen molar-refractivity contribution < 1.29 is 4.79 Å². The molecule has 1 amide bonds. The second kappa shape index (κ2) is 6.16. The molecule has 2 aliphatic rings. The van der Waals surface area contributed by atoms with Gasteiger partial charge in [0.2, 0.25) is 0 Å². The van der Waals surface area contributed by atoms with E-state index in [1.165, 1.54) is 18.4 Å². The summed E-state index contributed by atoms with van der Waals surface area (Å²) in [7, 11) is 0. The maximum absolute atomic E-state index is 12.5. The van der Waals surface area contributed by atoms with E-state index in [1.807, 2.05) is 17.0 Å². The average Bonchev–Trinajstić information content (AvgIpc) is 3.33. The van der Waals surface area contributed by atoms with E-state index in [0.717, 1.165) is 38.4 Å². The number of rotatable bonds is 4. The van der Waals surface area contributed by atoms with Gasteiger partial charge in [-0.25, -0.2) is 0 Å². The number of piperazine rings is 1. The topological polar surface area (TPSA) is 52.2 Å². The monoisotopic (exact) mass is 310 g/mol. The molecule has 2 heterocycles. The summed E-state index contributed by atoms with van der Waals surface area (Å²) in [6, 6.07) is 12.4. The molecule has 0 radical (unpaired) electrons. The fraction of sp³-hybridized carbons (Fsp3) is 0.444. The predicted octanol–water partition coefficient (Wildman–Crippen LogP) is 2.25. The molecule has 0 unspecified atom stereocenters. The van der Waals surface area contributed by atoms with Crippen molar-refractivity contribution in [3.05, 3.63) is 53.3 Å². The summed E-state index contributed by atoms with van der Waals surface area (Å²) in [5, 5.41) is 7.23. The first kappa shape index (κ1) is 14.5. The Hall–Kier alpha value is -2.14. The van der Waals surface area contributed by atoms with E-state index < -0.39 is 0 Å². The van der Waals surface area contributed by atoms with E-state index in [-0.39, 0.29) is 5.91 Å². The van der Waals surface area contributed by atoms with Crippen molar-refractivity contribution in [2.45, 2.75) is 25.3 Å². The highest BCUT2D eigenvalue weighted by Crippen LogP contribution is 2.39. The molecular weight excluding hydrogens is 288 g/mol. The van der Waals surface area contributed by atoms with Crippen LogP contribution in [0.25, 0.3) is 0 Å². The Morgan fingerprint density at radius 3 is 2.57 bits per heavy atom. The zero-order valence-electron chi connectivity index (χ0n) is 13.2. The van der Waals surface area contributed by atoms with Crippen molar-refractivity contribution >= 4 is 5.91 Å². The van der Waals surface area contributed by atoms with Crippen LogP contribution in [0.4, 0.5) is 0 Å². The molecule has 1 N–H and O–H groups in total. The van der Waals surface area contributed by atoms with E-state index in [9.17, 15) is 4.79 Å². The molecule has 120 valence electrons. The van der Waals surface area contributed by atoms with Crippen molar-refractivity contribution in [1.29, 1.82) is 0 Å². The van der Waals surface area contributed by atoms with Gasteiger partial charge in [0.25, 0.3) is 5.91 Å². The number of carbonyl (C=O) groups is 1. The van der Waals surface area contributed by atoms with Gasteiger partial charge in [-0.2, -0.15) is 5.10 Å². The Bertz CT molecular complexity index is 669. The van der Waals surface area contributed by atoms with Gasteiger partial charge < -0.3 is 4.90 Å². The Morgan fingerprint density at radius 1 is 1.13 bits per heavy atom. The van der Waals surface area contributed by atoms with Crippen LogP contribution in [0.5, 0.6) is 0 Å². The summed E-state index contributed by atoms with van der Waals surface area (Å²) in [6.45, 7) is 4.34. The van der Waals surface area contributed by atoms with Crippen LogP contribution in [-0.4, -0.2) is 52.1 Å². The number of amides is 1. The number of benzene rings is 1. The SMILES string of the molecule is O=C(c1cc(C2CC2)[nH]n1)N1CCN(Cc2ccccc2)CC1. The molecule has 1 aromatic carbocycles. The lowest BCUT2D eigenvalue weighted by molar-refractivity contribution is 0.0622. The minimum absolute atomic E-state index is 0.0625. The van der Waals surface area contributed by atoms with Crippen molar-refractivity contribution in [3.63, 3.8) is 0 Å². The van der Waals surface area contributed by atoms with Crippen LogP contribution in [0.2, 0.25) is 0 Å². The number of carbonyl (C=O) groups excluding carboxylic acids is 1. The van der Waals surface area contributed by atoms with Crippen molar-refractivity contribution in [2.75, 3.05) is 26.2 Å². The number of hydrogen-bond donors (Lipinski definition) is 1. The molecule has 1 saturated heterocycles. The van der Waals surface area contributed by atoms with E-state index in [4.69, 9.17) is 0 Å². The van der Waals surface area contributed by atoms with Crippen LogP contribution < -0.4 is 0 Å². The lowest BCUT2D eigenvalue weighted by Gasteiger charge is -2.34. The van der Waals surface area contributed by atoms with Gasteiger partial charge in [0.15, 0.2) is 0 Å². The van der Waals surface area contributed by atoms with Gasteiger partial charge in [-0.1, -0.05) is 30.3 Å². The molecule has 5 heteroatoms. The Kier molecular flexibility index (Phi) is 3.87. The Balaban J connectivity index is 1.32. The lowest BCUT2D eigenvalue weighted by Crippen LogP contribution is -2.48. The second-order valence-corrected chi connectivity index (χ2v) is 6.54. The van der Waals surface area contributed by atoms with Crippen LogP contribution in [0.1, 0.15) is 40.5 Å². The van der Waals surface area contributed by atoms with Gasteiger partial charge in [0, 0.05) is 44.3 Å². The predicted molar refractivity (Wildman–Crippen MR) is 88.2 cm³/mol. The molecule has 1 aliphatic heterocycles. The summed E-state index contributed by atoms with van der Waals surface area (Å²) in [4.78, 5) is 16.9. The summed E-state index contributed by atoms with van der Waals surface area (Å²) in [5.41, 5.74) is 3.02. The quantitative estimate of drug-likeness (QED) is 0.942. The van der Waals surface area contributed by atoms with Crippen LogP contribution in [-0.2, 0) is 6.54 Å². The summed E-state index contributed by atoms with van der Waals surface area (Å²) < 4.78 is 0. The smallest absolute Gasteiger partial charge is 0.274 e. The molecular formula is C18H22N4O. The van der Waals surface area contributed by atoms with Crippen molar-refractivity contribution in [3.8, 4) is 0 Å². The Labute approximate surface area is 136 Å². The first-order chi connectivity index (χ1) is 11.3. The van der Waals surface area contributed by atoms with Gasteiger partial charge >= 0.3 is 0 Å². The normalized spacial score (nSPS) is 19.0. The fourth-order valence-corrected chi connectivity index (χ4v) is 3.16. The number of aromatic nitrogens is 2. The highest BCUT2D eigenvalue weighted by Gasteiger charge is 2.28. The van der Waals surface area contributed by atoms with Gasteiger partial charge in [0.1, 0.15) is 5.69 Å². The van der Waals surface area contributed by atoms with Crippen LogP contribution in [0.15, 0.2) is 36.4 Å². The zero-order chi connectivity index (χ0) is 15.6. The Morgan fingerprint density at radius 2 is 1.87 bits per heavy atom. The summed E-state index contributed by atoms with van der Waals surface area (Å²) in [6.07, 6.45) is 2.43. The first-order valence-corrected chi connectivity index (χ1v) is 8.40. The minimum atomic E-state index is 0.0625. The molecule has 4 rings (SSSR count). The molecule has 1 saturated carbocycles. The third-order valence-electron chi connectivity index (χ3n) is 4.74. The summed E-state index contributed by atoms with van der Waals surface area (Å²) >= 11 is 0. The van der Waals surface area contributed by atoms with Crippen LogP contribution in [0.3, 0.4) is 0 Å². The van der Waals surface area contributed by atoms with E-state index in [0.29, 0.717) is 11.6 Å². The molecule has 0 atom stereocenters. The molecule has 1 aromatic heterocycles. The van der Waals surface area contributed by atoms with E-state index in [1.54, 1.807) is 0 Å². The van der Waals surface area contributed by atoms with Gasteiger partial charge in [-0.05, 0) is 24.5 Å². The number of nitrogens with zero attached hydrogens (tertiary/aromatic N) is 3. The maximum atomic E-state index is 12.5. The molecule has 0 bridgehead atoms. The minimum Gasteiger partial charge on any atom is -0.335 e. The molecule has 2 fully saturated rings. The number of aromatic amines is 1. The molecule has 0 spiro atoms.